The van der Waals surface area contributed by atoms with E-state index in [1.807, 2.05) is 0 Å². The van der Waals surface area contributed by atoms with Crippen LogP contribution in [0.4, 0.5) is 0 Å². The highest BCUT2D eigenvalue weighted by Gasteiger charge is 2.10. The van der Waals surface area contributed by atoms with Gasteiger partial charge in [-0.3, -0.25) is 0 Å². The van der Waals surface area contributed by atoms with E-state index in [2.05, 4.69) is 6.58 Å². The van der Waals surface area contributed by atoms with Crippen LogP contribution >= 0.6 is 0 Å². The molecule has 0 aliphatic heterocycles. The lowest BCUT2D eigenvalue weighted by Gasteiger charge is -1.86. The zero-order chi connectivity index (χ0) is 6.73. The minimum Gasteiger partial charge on any atom is -0.477 e. The molecule has 0 heterocycles. The second-order valence-electron chi connectivity index (χ2n) is 1.09. The number of hydrogen-bond acceptors (Lipinski definition) is 2. The molecule has 0 spiro atoms. The van der Waals surface area contributed by atoms with Crippen molar-refractivity contribution < 1.29 is 19.8 Å². The summed E-state index contributed by atoms with van der Waals surface area (Å²) in [6.07, 6.45) is 0. The molecule has 0 aromatic heterocycles. The van der Waals surface area contributed by atoms with Crippen molar-refractivity contribution in [2.24, 2.45) is 0 Å². The van der Waals surface area contributed by atoms with Gasteiger partial charge in [-0.1, -0.05) is 6.58 Å². The fourth-order valence-electron chi connectivity index (χ4n) is 0.0915. The van der Waals surface area contributed by atoms with Crippen LogP contribution in [-0.4, -0.2) is 22.2 Å². The third kappa shape index (κ3) is 1.42. The van der Waals surface area contributed by atoms with Gasteiger partial charge in [-0.15, -0.1) is 0 Å². The fraction of sp³-hybridized carbons (Fsp3) is 0. The Balaban J connectivity index is 4.05. The zero-order valence-electron chi connectivity index (χ0n) is 3.92. The van der Waals surface area contributed by atoms with Crippen molar-refractivity contribution in [2.75, 3.05) is 0 Å². The summed E-state index contributed by atoms with van der Waals surface area (Å²) in [5, 5.41) is 15.7. The normalized spacial score (nSPS) is 8.00. The molecule has 0 aromatic carbocycles. The van der Waals surface area contributed by atoms with E-state index in [9.17, 15) is 9.59 Å². The average molecular weight is 116 g/mol. The van der Waals surface area contributed by atoms with Crippen molar-refractivity contribution in [2.45, 2.75) is 0 Å². The Morgan fingerprint density at radius 2 is 1.38 bits per heavy atom. The second-order valence-corrected chi connectivity index (χ2v) is 1.09. The molecule has 0 aliphatic carbocycles. The molecule has 0 aromatic rings. The highest BCUT2D eigenvalue weighted by atomic mass is 16.4. The van der Waals surface area contributed by atoms with E-state index in [-0.39, 0.29) is 0 Å². The molecular weight excluding hydrogens is 112 g/mol. The maximum atomic E-state index is 9.66. The Kier molecular flexibility index (Phi) is 1.76. The van der Waals surface area contributed by atoms with Crippen LogP contribution in [0.25, 0.3) is 0 Å². The van der Waals surface area contributed by atoms with Crippen LogP contribution in [0.15, 0.2) is 12.2 Å². The van der Waals surface area contributed by atoms with Crippen LogP contribution in [0, 0.1) is 0 Å². The van der Waals surface area contributed by atoms with Crippen LogP contribution in [0.2, 0.25) is 0 Å². The van der Waals surface area contributed by atoms with Crippen molar-refractivity contribution in [3.63, 3.8) is 0 Å². The smallest absolute Gasteiger partial charge is 0.342 e. The topological polar surface area (TPSA) is 74.6 Å². The molecular formula is C4H4O4. The van der Waals surface area contributed by atoms with Gasteiger partial charge < -0.3 is 10.2 Å². The Morgan fingerprint density at radius 1 is 1.12 bits per heavy atom. The molecule has 0 radical (unpaired) electrons. The Morgan fingerprint density at radius 3 is 1.38 bits per heavy atom. The second kappa shape index (κ2) is 2.11. The van der Waals surface area contributed by atoms with Crippen LogP contribution in [-0.2, 0) is 9.59 Å². The van der Waals surface area contributed by atoms with Gasteiger partial charge in [0.25, 0.3) is 0 Å². The van der Waals surface area contributed by atoms with Gasteiger partial charge in [0.15, 0.2) is 0 Å². The summed E-state index contributed by atoms with van der Waals surface area (Å²) < 4.78 is 0. The predicted molar refractivity (Wildman–Crippen MR) is 24.4 cm³/mol. The Labute approximate surface area is 45.1 Å². The van der Waals surface area contributed by atoms with E-state index >= 15 is 0 Å². The van der Waals surface area contributed by atoms with E-state index in [4.69, 9.17) is 10.2 Å². The monoisotopic (exact) mass is 116 g/mol. The first-order valence-electron chi connectivity index (χ1n) is 1.71. The quantitative estimate of drug-likeness (QED) is 0.295. The summed E-state index contributed by atoms with van der Waals surface area (Å²) >= 11 is 0. The van der Waals surface area contributed by atoms with Gasteiger partial charge in [0, 0.05) is 0 Å². The van der Waals surface area contributed by atoms with Gasteiger partial charge in [-0.25, -0.2) is 9.59 Å². The first kappa shape index (κ1) is 6.68. The van der Waals surface area contributed by atoms with Crippen molar-refractivity contribution in [3.05, 3.63) is 12.2 Å². The molecule has 0 aliphatic rings. The average Bonchev–Trinajstić information content (AvgIpc) is 1.64. The predicted octanol–water partition coefficient (Wildman–Crippen LogP) is -0.288. The lowest BCUT2D eigenvalue weighted by atomic mass is 10.3. The lowest BCUT2D eigenvalue weighted by Crippen LogP contribution is -2.08. The SMILES string of the molecule is C=C(C(=O)O)C(=O)O. The van der Waals surface area contributed by atoms with Crippen molar-refractivity contribution in [1.82, 2.24) is 0 Å². The number of carboxylic acid groups (broad SMARTS) is 2. The molecule has 2 N–H and O–H groups in total. The maximum Gasteiger partial charge on any atom is 0.342 e. The minimum atomic E-state index is -1.50. The summed E-state index contributed by atoms with van der Waals surface area (Å²) in [5.74, 6) is -3.00. The number of carbonyl (C=O) groups is 2. The third-order valence-electron chi connectivity index (χ3n) is 0.516. The number of carboxylic acids is 2. The zero-order valence-corrected chi connectivity index (χ0v) is 3.92. The van der Waals surface area contributed by atoms with Gasteiger partial charge in [-0.2, -0.15) is 0 Å². The molecule has 44 valence electrons. The first-order valence-corrected chi connectivity index (χ1v) is 1.71. The molecule has 8 heavy (non-hydrogen) atoms. The van der Waals surface area contributed by atoms with Crippen molar-refractivity contribution in [1.29, 1.82) is 0 Å². The summed E-state index contributed by atoms with van der Waals surface area (Å²) in [7, 11) is 0. The molecule has 4 heteroatoms. The highest BCUT2D eigenvalue weighted by Crippen LogP contribution is 1.86. The third-order valence-corrected chi connectivity index (χ3v) is 0.516. The molecule has 4 nitrogen and oxygen atoms in total. The van der Waals surface area contributed by atoms with E-state index in [0.29, 0.717) is 0 Å². The van der Waals surface area contributed by atoms with Gasteiger partial charge in [0.2, 0.25) is 0 Å². The van der Waals surface area contributed by atoms with E-state index in [0.717, 1.165) is 0 Å². The maximum absolute atomic E-state index is 9.66. The molecule has 0 rings (SSSR count). The van der Waals surface area contributed by atoms with Crippen LogP contribution in [0.5, 0.6) is 0 Å². The summed E-state index contributed by atoms with van der Waals surface area (Å²) in [5.41, 5.74) is -0.815. The van der Waals surface area contributed by atoms with Gasteiger partial charge in [0.05, 0.1) is 0 Å². The molecule has 0 unspecified atom stereocenters. The van der Waals surface area contributed by atoms with E-state index < -0.39 is 17.5 Å². The minimum absolute atomic E-state index is 0.815. The lowest BCUT2D eigenvalue weighted by molar-refractivity contribution is -0.140. The summed E-state index contributed by atoms with van der Waals surface area (Å²) in [4.78, 5) is 19.3. The standard InChI is InChI=1S/C4H4O4/c1-2(3(5)6)4(7)8/h1H2,(H,5,6)(H,7,8). The highest BCUT2D eigenvalue weighted by molar-refractivity contribution is 6.11. The molecule has 0 amide bonds. The van der Waals surface area contributed by atoms with Crippen LogP contribution in [0.3, 0.4) is 0 Å². The van der Waals surface area contributed by atoms with Gasteiger partial charge in [-0.05, 0) is 0 Å². The molecule has 0 saturated heterocycles. The molecule has 0 fully saturated rings. The van der Waals surface area contributed by atoms with Crippen molar-refractivity contribution >= 4 is 11.9 Å². The Bertz CT molecular complexity index is 130. The number of aliphatic carboxylic acids is 2. The number of hydrogen-bond donors (Lipinski definition) is 2. The molecule has 0 saturated carbocycles. The van der Waals surface area contributed by atoms with Crippen LogP contribution in [0.1, 0.15) is 0 Å². The Hall–Kier alpha value is -1.32. The molecule has 0 atom stereocenters. The van der Waals surface area contributed by atoms with Gasteiger partial charge >= 0.3 is 11.9 Å². The van der Waals surface area contributed by atoms with Gasteiger partial charge in [0.1, 0.15) is 5.57 Å². The summed E-state index contributed by atoms with van der Waals surface area (Å²) in [6.45, 7) is 2.75. The number of rotatable bonds is 2. The van der Waals surface area contributed by atoms with Crippen molar-refractivity contribution in [3.8, 4) is 0 Å². The molecule has 0 bridgehead atoms. The van der Waals surface area contributed by atoms with Crippen LogP contribution < -0.4 is 0 Å². The largest absolute Gasteiger partial charge is 0.477 e. The van der Waals surface area contributed by atoms with E-state index in [1.165, 1.54) is 0 Å². The fourth-order valence-corrected chi connectivity index (χ4v) is 0.0915. The summed E-state index contributed by atoms with van der Waals surface area (Å²) in [6, 6.07) is 0. The van der Waals surface area contributed by atoms with E-state index in [1.54, 1.807) is 0 Å². The first-order chi connectivity index (χ1) is 3.55.